The van der Waals surface area contributed by atoms with E-state index in [1.54, 1.807) is 18.5 Å². The second-order valence-corrected chi connectivity index (χ2v) is 8.39. The Bertz CT molecular complexity index is 1500. The molecule has 33 heavy (non-hydrogen) atoms. The average Bonchev–Trinajstić information content (AvgIpc) is 3.40. The molecule has 2 aromatic carbocycles. The zero-order valence-electron chi connectivity index (χ0n) is 17.8. The second-order valence-electron chi connectivity index (χ2n) is 8.03. The van der Waals surface area contributed by atoms with Crippen LogP contribution in [-0.2, 0) is 4.74 Å². The van der Waals surface area contributed by atoms with Crippen LogP contribution in [0.25, 0.3) is 38.9 Å². The number of benzene rings is 2. The number of imidazole rings is 2. The molecule has 6 rings (SSSR count). The van der Waals surface area contributed by atoms with Crippen LogP contribution in [0.1, 0.15) is 5.82 Å². The number of hydrogen-bond donors (Lipinski definition) is 1. The number of morpholine rings is 1. The monoisotopic (exact) mass is 462 g/mol. The number of aromatic nitrogens is 5. The molecule has 3 aromatic heterocycles. The molecule has 1 aliphatic rings. The molecule has 1 saturated heterocycles. The molecule has 0 amide bonds. The molecule has 7 nitrogen and oxygen atoms in total. The number of halogens is 2. The lowest BCUT2D eigenvalue weighted by Gasteiger charge is -2.29. The van der Waals surface area contributed by atoms with Crippen LogP contribution in [0.15, 0.2) is 48.8 Å². The number of hydrogen-bond acceptors (Lipinski definition) is 5. The highest BCUT2D eigenvalue weighted by atomic mass is 35.5. The Morgan fingerprint density at radius 1 is 1.09 bits per heavy atom. The van der Waals surface area contributed by atoms with Gasteiger partial charge < -0.3 is 14.6 Å². The van der Waals surface area contributed by atoms with Crippen molar-refractivity contribution in [3.05, 3.63) is 65.7 Å². The first-order valence-electron chi connectivity index (χ1n) is 10.7. The van der Waals surface area contributed by atoms with Crippen molar-refractivity contribution in [2.45, 2.75) is 6.92 Å². The van der Waals surface area contributed by atoms with Crippen molar-refractivity contribution >= 4 is 39.2 Å². The molecule has 0 aliphatic carbocycles. The highest BCUT2D eigenvalue weighted by Gasteiger charge is 2.21. The Kier molecular flexibility index (Phi) is 4.78. The summed E-state index contributed by atoms with van der Waals surface area (Å²) in [5, 5.41) is 1.18. The number of nitrogens with one attached hydrogen (secondary N) is 1. The molecule has 1 N–H and O–H groups in total. The molecule has 4 heterocycles. The number of pyridine rings is 1. The van der Waals surface area contributed by atoms with Crippen molar-refractivity contribution < 1.29 is 9.13 Å². The molecular formula is C24H20ClFN6O. The zero-order chi connectivity index (χ0) is 22.5. The van der Waals surface area contributed by atoms with Crippen molar-refractivity contribution in [3.63, 3.8) is 0 Å². The van der Waals surface area contributed by atoms with Crippen LogP contribution in [-0.4, -0.2) is 50.8 Å². The third-order valence-corrected chi connectivity index (χ3v) is 6.24. The van der Waals surface area contributed by atoms with Gasteiger partial charge in [-0.15, -0.1) is 0 Å². The fraction of sp³-hybridized carbons (Fsp3) is 0.208. The fourth-order valence-corrected chi connectivity index (χ4v) is 4.68. The lowest BCUT2D eigenvalue weighted by Crippen LogP contribution is -2.36. The number of nitrogens with zero attached hydrogens (tertiary/aromatic N) is 5. The van der Waals surface area contributed by atoms with Gasteiger partial charge in [-0.05, 0) is 48.9 Å². The number of aromatic amines is 1. The number of ether oxygens (including phenoxy) is 1. The van der Waals surface area contributed by atoms with E-state index in [1.807, 2.05) is 13.0 Å². The van der Waals surface area contributed by atoms with E-state index in [9.17, 15) is 4.39 Å². The Labute approximate surface area is 193 Å². The Morgan fingerprint density at radius 2 is 1.94 bits per heavy atom. The van der Waals surface area contributed by atoms with Gasteiger partial charge in [-0.1, -0.05) is 0 Å². The smallest absolute Gasteiger partial charge is 0.200 e. The van der Waals surface area contributed by atoms with Crippen LogP contribution in [0.4, 0.5) is 10.1 Å². The molecule has 5 aromatic rings. The SMILES string of the molecule is Cc1nc2c(-c3cnc(Cl)[nH]3)cc(N3CCOCC3)cc2n1-c1ccnc2cc(F)ccc12. The minimum Gasteiger partial charge on any atom is -0.378 e. The van der Waals surface area contributed by atoms with E-state index in [-0.39, 0.29) is 5.82 Å². The lowest BCUT2D eigenvalue weighted by molar-refractivity contribution is 0.122. The Balaban J connectivity index is 1.65. The zero-order valence-corrected chi connectivity index (χ0v) is 18.6. The topological polar surface area (TPSA) is 71.9 Å². The summed E-state index contributed by atoms with van der Waals surface area (Å²) >= 11 is 6.10. The molecule has 0 saturated carbocycles. The minimum atomic E-state index is -0.313. The van der Waals surface area contributed by atoms with E-state index in [0.717, 1.165) is 58.0 Å². The van der Waals surface area contributed by atoms with Crippen molar-refractivity contribution in [1.29, 1.82) is 0 Å². The van der Waals surface area contributed by atoms with E-state index >= 15 is 0 Å². The molecule has 0 bridgehead atoms. The molecular weight excluding hydrogens is 443 g/mol. The van der Waals surface area contributed by atoms with Gasteiger partial charge in [0, 0.05) is 42.0 Å². The Hall–Kier alpha value is -3.49. The second kappa shape index (κ2) is 7.83. The van der Waals surface area contributed by atoms with Crippen LogP contribution in [0.5, 0.6) is 0 Å². The maximum Gasteiger partial charge on any atom is 0.200 e. The van der Waals surface area contributed by atoms with Gasteiger partial charge in [0.05, 0.1) is 47.3 Å². The number of H-pyrrole nitrogens is 1. The first-order chi connectivity index (χ1) is 16.1. The lowest BCUT2D eigenvalue weighted by atomic mass is 10.1. The van der Waals surface area contributed by atoms with Crippen molar-refractivity contribution in [3.8, 4) is 16.9 Å². The van der Waals surface area contributed by atoms with Crippen LogP contribution in [0.2, 0.25) is 5.28 Å². The standard InChI is InChI=1S/C24H20ClFN6O/c1-14-29-23-18(20-13-28-24(25)30-20)11-16(31-6-8-33-9-7-31)12-22(23)32(14)21-4-5-27-19-10-15(26)2-3-17(19)21/h2-5,10-13H,6-9H2,1H3,(H,28,30). The van der Waals surface area contributed by atoms with E-state index in [2.05, 4.69) is 36.6 Å². The molecule has 0 spiro atoms. The van der Waals surface area contributed by atoms with Crippen molar-refractivity contribution in [2.24, 2.45) is 0 Å². The normalized spacial score (nSPS) is 14.5. The van der Waals surface area contributed by atoms with Gasteiger partial charge in [-0.2, -0.15) is 0 Å². The van der Waals surface area contributed by atoms with Gasteiger partial charge in [-0.3, -0.25) is 9.55 Å². The average molecular weight is 463 g/mol. The van der Waals surface area contributed by atoms with E-state index in [4.69, 9.17) is 21.3 Å². The summed E-state index contributed by atoms with van der Waals surface area (Å²) in [4.78, 5) is 18.9. The summed E-state index contributed by atoms with van der Waals surface area (Å²) in [7, 11) is 0. The molecule has 0 radical (unpaired) electrons. The molecule has 0 atom stereocenters. The first-order valence-corrected chi connectivity index (χ1v) is 11.1. The predicted octanol–water partition coefficient (Wildman–Crippen LogP) is 4.90. The van der Waals surface area contributed by atoms with E-state index in [0.29, 0.717) is 24.0 Å². The number of rotatable bonds is 3. The maximum atomic E-state index is 13.8. The van der Waals surface area contributed by atoms with Crippen LogP contribution in [0.3, 0.4) is 0 Å². The molecule has 1 fully saturated rings. The summed E-state index contributed by atoms with van der Waals surface area (Å²) in [6.07, 6.45) is 3.42. The van der Waals surface area contributed by atoms with E-state index in [1.165, 1.54) is 12.1 Å². The number of aryl methyl sites for hydroxylation is 1. The first kappa shape index (κ1) is 20.1. The van der Waals surface area contributed by atoms with Gasteiger partial charge in [0.25, 0.3) is 0 Å². The summed E-state index contributed by atoms with van der Waals surface area (Å²) in [6, 6.07) is 10.9. The molecule has 166 valence electrons. The van der Waals surface area contributed by atoms with Gasteiger partial charge in [0.1, 0.15) is 11.6 Å². The molecule has 1 aliphatic heterocycles. The fourth-order valence-electron chi connectivity index (χ4n) is 4.53. The molecule has 0 unspecified atom stereocenters. The highest BCUT2D eigenvalue weighted by molar-refractivity contribution is 6.28. The summed E-state index contributed by atoms with van der Waals surface area (Å²) in [6.45, 7) is 4.94. The molecule has 9 heteroatoms. The van der Waals surface area contributed by atoms with Crippen LogP contribution in [0, 0.1) is 12.7 Å². The third-order valence-electron chi connectivity index (χ3n) is 6.05. The number of fused-ring (bicyclic) bond motifs is 2. The Morgan fingerprint density at radius 3 is 2.73 bits per heavy atom. The van der Waals surface area contributed by atoms with Gasteiger partial charge in [0.2, 0.25) is 0 Å². The maximum absolute atomic E-state index is 13.8. The summed E-state index contributed by atoms with van der Waals surface area (Å²) < 4.78 is 21.5. The largest absolute Gasteiger partial charge is 0.378 e. The summed E-state index contributed by atoms with van der Waals surface area (Å²) in [5.41, 5.74) is 6.04. The summed E-state index contributed by atoms with van der Waals surface area (Å²) in [5.74, 6) is 0.500. The van der Waals surface area contributed by atoms with Gasteiger partial charge >= 0.3 is 0 Å². The highest BCUT2D eigenvalue weighted by Crippen LogP contribution is 2.36. The third kappa shape index (κ3) is 3.42. The van der Waals surface area contributed by atoms with Crippen molar-refractivity contribution in [1.82, 2.24) is 24.5 Å². The van der Waals surface area contributed by atoms with Gasteiger partial charge in [0.15, 0.2) is 5.28 Å². The van der Waals surface area contributed by atoms with E-state index < -0.39 is 0 Å². The van der Waals surface area contributed by atoms with Crippen molar-refractivity contribution in [2.75, 3.05) is 31.2 Å². The number of anilines is 1. The quantitative estimate of drug-likeness (QED) is 0.413. The van der Waals surface area contributed by atoms with Crippen LogP contribution >= 0.6 is 11.6 Å². The minimum absolute atomic E-state index is 0.313. The van der Waals surface area contributed by atoms with Gasteiger partial charge in [-0.25, -0.2) is 14.4 Å². The van der Waals surface area contributed by atoms with Crippen LogP contribution < -0.4 is 4.90 Å². The predicted molar refractivity (Wildman–Crippen MR) is 127 cm³/mol.